The van der Waals surface area contributed by atoms with E-state index < -0.39 is 17.9 Å². The first-order chi connectivity index (χ1) is 13.1. The number of carboxylic acids is 1. The van der Waals surface area contributed by atoms with Crippen LogP contribution in [-0.2, 0) is 9.59 Å². The largest absolute Gasteiger partial charge is 0.493 e. The van der Waals surface area contributed by atoms with E-state index >= 15 is 0 Å². The number of furan rings is 1. The fourth-order valence-electron chi connectivity index (χ4n) is 3.22. The van der Waals surface area contributed by atoms with Crippen molar-refractivity contribution in [2.45, 2.75) is 54.5 Å². The first-order valence-electron chi connectivity index (χ1n) is 9.46. The fourth-order valence-corrected chi connectivity index (χ4v) is 3.22. The molecule has 1 heterocycles. The van der Waals surface area contributed by atoms with Gasteiger partial charge in [0.2, 0.25) is 5.91 Å². The van der Waals surface area contributed by atoms with Crippen molar-refractivity contribution >= 4 is 28.4 Å². The molecule has 0 aliphatic carbocycles. The molecule has 0 aliphatic rings. The van der Waals surface area contributed by atoms with Gasteiger partial charge in [-0.2, -0.15) is 0 Å². The Hall–Kier alpha value is -2.76. The Morgan fingerprint density at radius 2 is 1.89 bits per heavy atom. The summed E-state index contributed by atoms with van der Waals surface area (Å²) in [6, 6.07) is 1.03. The minimum Gasteiger partial charge on any atom is -0.493 e. The zero-order chi connectivity index (χ0) is 21.2. The number of amides is 1. The normalized spacial score (nSPS) is 13.1. The highest BCUT2D eigenvalue weighted by molar-refractivity contribution is 5.99. The number of hydrogen-bond donors (Lipinski definition) is 2. The van der Waals surface area contributed by atoms with Crippen LogP contribution in [0.15, 0.2) is 16.6 Å². The molecule has 0 radical (unpaired) electrons. The lowest BCUT2D eigenvalue weighted by Crippen LogP contribution is -2.43. The molecule has 2 aromatic rings. The van der Waals surface area contributed by atoms with Crippen LogP contribution in [-0.4, -0.2) is 29.6 Å². The Bertz CT molecular complexity index is 936. The van der Waals surface area contributed by atoms with Crippen LogP contribution in [0.4, 0.5) is 0 Å². The number of carboxylic acid groups (broad SMARTS) is 1. The molecule has 2 N–H and O–H groups in total. The Morgan fingerprint density at radius 3 is 2.43 bits per heavy atom. The van der Waals surface area contributed by atoms with Gasteiger partial charge in [-0.05, 0) is 57.7 Å². The third-order valence-electron chi connectivity index (χ3n) is 4.94. The molecule has 1 aromatic carbocycles. The highest BCUT2D eigenvalue weighted by Crippen LogP contribution is 2.38. The van der Waals surface area contributed by atoms with Crippen molar-refractivity contribution in [3.8, 4) is 5.75 Å². The third kappa shape index (κ3) is 4.21. The molecule has 1 aromatic heterocycles. The summed E-state index contributed by atoms with van der Waals surface area (Å²) in [5, 5.41) is 12.8. The van der Waals surface area contributed by atoms with E-state index in [1.807, 2.05) is 40.7 Å². The smallest absolute Gasteiger partial charge is 0.326 e. The molecule has 2 rings (SSSR count). The van der Waals surface area contributed by atoms with Gasteiger partial charge in [-0.25, -0.2) is 4.79 Å². The zero-order valence-corrected chi connectivity index (χ0v) is 17.6. The number of aliphatic carboxylic acids is 1. The molecule has 28 heavy (non-hydrogen) atoms. The van der Waals surface area contributed by atoms with E-state index in [-0.39, 0.29) is 5.92 Å². The summed E-state index contributed by atoms with van der Waals surface area (Å²) in [5.41, 5.74) is 4.19. The number of benzene rings is 1. The van der Waals surface area contributed by atoms with Gasteiger partial charge in [0, 0.05) is 22.6 Å². The lowest BCUT2D eigenvalue weighted by atomic mass is 9.98. The van der Waals surface area contributed by atoms with Crippen LogP contribution in [0.2, 0.25) is 0 Å². The SMILES string of the molecule is CCOc1c(/C(C)=C/C(=O)NC(C(=O)O)C(C)C)cc2c(C)c(C)oc2c1C. The quantitative estimate of drug-likeness (QED) is 0.688. The topological polar surface area (TPSA) is 88.8 Å². The summed E-state index contributed by atoms with van der Waals surface area (Å²) >= 11 is 0. The van der Waals surface area contributed by atoms with Gasteiger partial charge in [0.25, 0.3) is 0 Å². The second-order valence-electron chi connectivity index (χ2n) is 7.37. The second-order valence-corrected chi connectivity index (χ2v) is 7.37. The van der Waals surface area contributed by atoms with Gasteiger partial charge in [-0.3, -0.25) is 4.79 Å². The van der Waals surface area contributed by atoms with E-state index in [1.165, 1.54) is 6.08 Å². The number of fused-ring (bicyclic) bond motifs is 1. The van der Waals surface area contributed by atoms with E-state index in [9.17, 15) is 14.7 Å². The molecule has 6 heteroatoms. The minimum atomic E-state index is -1.05. The second kappa shape index (κ2) is 8.50. The van der Waals surface area contributed by atoms with Crippen LogP contribution in [0.1, 0.15) is 50.1 Å². The lowest BCUT2D eigenvalue weighted by molar-refractivity contribution is -0.142. The minimum absolute atomic E-state index is 0.218. The standard InChI is InChI=1S/C22H29NO5/c1-8-27-20-14(6)21-17(13(5)15(7)28-21)10-16(20)12(4)9-18(24)23-19(11(2)3)22(25)26/h9-11,19H,8H2,1-7H3,(H,23,24)(H,25,26)/b12-9+. The summed E-state index contributed by atoms with van der Waals surface area (Å²) < 4.78 is 11.8. The van der Waals surface area contributed by atoms with Crippen LogP contribution < -0.4 is 10.1 Å². The summed E-state index contributed by atoms with van der Waals surface area (Å²) in [5.74, 6) is -0.198. The number of rotatable bonds is 7. The van der Waals surface area contributed by atoms with Crippen LogP contribution in [0.3, 0.4) is 0 Å². The molecule has 0 saturated carbocycles. The van der Waals surface area contributed by atoms with Gasteiger partial charge < -0.3 is 19.6 Å². The van der Waals surface area contributed by atoms with Gasteiger partial charge in [0.05, 0.1) is 6.61 Å². The molecule has 1 atom stereocenters. The lowest BCUT2D eigenvalue weighted by Gasteiger charge is -2.18. The van der Waals surface area contributed by atoms with Crippen molar-refractivity contribution in [3.63, 3.8) is 0 Å². The Morgan fingerprint density at radius 1 is 1.25 bits per heavy atom. The van der Waals surface area contributed by atoms with Crippen molar-refractivity contribution < 1.29 is 23.8 Å². The van der Waals surface area contributed by atoms with Crippen LogP contribution in [0, 0.1) is 26.7 Å². The van der Waals surface area contributed by atoms with E-state index in [2.05, 4.69) is 5.32 Å². The van der Waals surface area contributed by atoms with Crippen molar-refractivity contribution in [3.05, 3.63) is 34.6 Å². The molecule has 1 amide bonds. The third-order valence-corrected chi connectivity index (χ3v) is 4.94. The molecule has 0 fully saturated rings. The maximum atomic E-state index is 12.4. The summed E-state index contributed by atoms with van der Waals surface area (Å²) in [6.07, 6.45) is 1.42. The average Bonchev–Trinajstić information content (AvgIpc) is 2.89. The van der Waals surface area contributed by atoms with Crippen LogP contribution in [0.5, 0.6) is 5.75 Å². The Kier molecular flexibility index (Phi) is 6.54. The molecule has 0 saturated heterocycles. The monoisotopic (exact) mass is 387 g/mol. The number of carbonyl (C=O) groups excluding carboxylic acids is 1. The number of aryl methyl sites for hydroxylation is 3. The fraction of sp³-hybridized carbons (Fsp3) is 0.455. The van der Waals surface area contributed by atoms with Crippen LogP contribution >= 0.6 is 0 Å². The van der Waals surface area contributed by atoms with Crippen molar-refractivity contribution in [1.29, 1.82) is 0 Å². The summed E-state index contributed by atoms with van der Waals surface area (Å²) in [6.45, 7) is 13.6. The first-order valence-corrected chi connectivity index (χ1v) is 9.46. The van der Waals surface area contributed by atoms with Gasteiger partial charge in [0.15, 0.2) is 0 Å². The van der Waals surface area contributed by atoms with Crippen molar-refractivity contribution in [2.24, 2.45) is 5.92 Å². The highest BCUT2D eigenvalue weighted by atomic mass is 16.5. The number of allylic oxidation sites excluding steroid dienone is 1. The highest BCUT2D eigenvalue weighted by Gasteiger charge is 2.23. The summed E-state index contributed by atoms with van der Waals surface area (Å²) in [7, 11) is 0. The average molecular weight is 387 g/mol. The molecule has 0 bridgehead atoms. The zero-order valence-electron chi connectivity index (χ0n) is 17.6. The molecule has 0 aliphatic heterocycles. The van der Waals surface area contributed by atoms with E-state index in [0.717, 1.165) is 33.4 Å². The predicted molar refractivity (Wildman–Crippen MR) is 110 cm³/mol. The van der Waals surface area contributed by atoms with E-state index in [0.29, 0.717) is 17.9 Å². The van der Waals surface area contributed by atoms with Crippen LogP contribution in [0.25, 0.3) is 16.5 Å². The van der Waals surface area contributed by atoms with Gasteiger partial charge in [-0.15, -0.1) is 0 Å². The molecule has 1 unspecified atom stereocenters. The van der Waals surface area contributed by atoms with Gasteiger partial charge in [-0.1, -0.05) is 13.8 Å². The maximum Gasteiger partial charge on any atom is 0.326 e. The Balaban J connectivity index is 2.51. The van der Waals surface area contributed by atoms with Crippen molar-refractivity contribution in [1.82, 2.24) is 5.32 Å². The maximum absolute atomic E-state index is 12.4. The van der Waals surface area contributed by atoms with E-state index in [1.54, 1.807) is 13.8 Å². The summed E-state index contributed by atoms with van der Waals surface area (Å²) in [4.78, 5) is 23.8. The number of nitrogens with one attached hydrogen (secondary N) is 1. The molecule has 152 valence electrons. The predicted octanol–water partition coefficient (Wildman–Crippen LogP) is 4.39. The van der Waals surface area contributed by atoms with E-state index in [4.69, 9.17) is 9.15 Å². The number of ether oxygens (including phenoxy) is 1. The number of hydrogen-bond acceptors (Lipinski definition) is 4. The van der Waals surface area contributed by atoms with Gasteiger partial charge in [0.1, 0.15) is 23.1 Å². The molecule has 6 nitrogen and oxygen atoms in total. The Labute approximate surface area is 165 Å². The van der Waals surface area contributed by atoms with Gasteiger partial charge >= 0.3 is 5.97 Å². The van der Waals surface area contributed by atoms with Crippen molar-refractivity contribution in [2.75, 3.05) is 6.61 Å². The first kappa shape index (κ1) is 21.5. The number of carbonyl (C=O) groups is 2. The molecule has 0 spiro atoms. The molecular formula is C22H29NO5. The molecular weight excluding hydrogens is 358 g/mol.